The van der Waals surface area contributed by atoms with E-state index in [-0.39, 0.29) is 0 Å². The van der Waals surface area contributed by atoms with Crippen LogP contribution in [0.5, 0.6) is 0 Å². The fourth-order valence-electron chi connectivity index (χ4n) is 1.12. The molecule has 0 saturated heterocycles. The Balaban J connectivity index is 2.52. The molecule has 0 bridgehead atoms. The van der Waals surface area contributed by atoms with E-state index in [0.29, 0.717) is 0 Å². The third-order valence-electron chi connectivity index (χ3n) is 1.64. The van der Waals surface area contributed by atoms with Crippen molar-refractivity contribution in [3.63, 3.8) is 0 Å². The molecule has 0 aliphatic carbocycles. The van der Waals surface area contributed by atoms with Crippen molar-refractivity contribution in [2.45, 2.75) is 6.54 Å². The van der Waals surface area contributed by atoms with E-state index >= 15 is 0 Å². The first-order valence-corrected chi connectivity index (χ1v) is 4.58. The average molecular weight is 184 g/mol. The van der Waals surface area contributed by atoms with Crippen molar-refractivity contribution in [3.8, 4) is 0 Å². The summed E-state index contributed by atoms with van der Waals surface area (Å²) in [6, 6.07) is 0. The molecule has 0 aromatic carbocycles. The van der Waals surface area contributed by atoms with Crippen LogP contribution in [0.2, 0.25) is 0 Å². The molecule has 2 rings (SSSR count). The van der Waals surface area contributed by atoms with Crippen LogP contribution in [0.4, 0.5) is 0 Å². The van der Waals surface area contributed by atoms with Crippen LogP contribution in [-0.2, 0) is 6.54 Å². The second-order valence-corrected chi connectivity index (χ2v) is 4.31. The molecule has 58 valence electrons. The van der Waals surface area contributed by atoms with E-state index in [4.69, 9.17) is 12.2 Å². The van der Waals surface area contributed by atoms with E-state index in [1.807, 2.05) is 7.05 Å². The third kappa shape index (κ3) is 1.23. The summed E-state index contributed by atoms with van der Waals surface area (Å²) in [4.78, 5) is 6.56. The number of fused-ring (bicyclic) bond motifs is 1. The summed E-state index contributed by atoms with van der Waals surface area (Å²) in [6.45, 7) is 0.943. The topological polar surface area (TPSA) is 19.0 Å². The molecule has 0 spiro atoms. The van der Waals surface area contributed by atoms with Gasteiger partial charge in [0.2, 0.25) is 0 Å². The van der Waals surface area contributed by atoms with Crippen LogP contribution >= 0.6 is 23.6 Å². The van der Waals surface area contributed by atoms with Gasteiger partial charge in [0.25, 0.3) is 0 Å². The highest BCUT2D eigenvalue weighted by Crippen LogP contribution is 2.22. The highest BCUT2D eigenvalue weighted by atomic mass is 32.1. The maximum Gasteiger partial charge on any atom is 0.159 e. The van der Waals surface area contributed by atoms with Crippen LogP contribution < -0.4 is 0 Å². The Morgan fingerprint density at radius 2 is 2.55 bits per heavy atom. The fourth-order valence-corrected chi connectivity index (χ4v) is 2.26. The minimum atomic E-state index is 0.870. The van der Waals surface area contributed by atoms with Gasteiger partial charge in [-0.2, -0.15) is 0 Å². The Hall–Kier alpha value is -0.610. The van der Waals surface area contributed by atoms with E-state index in [1.54, 1.807) is 11.3 Å². The van der Waals surface area contributed by atoms with Crippen molar-refractivity contribution in [2.75, 3.05) is 7.05 Å². The molecule has 2 nitrogen and oxygen atoms in total. The summed E-state index contributed by atoms with van der Waals surface area (Å²) in [5.74, 6) is 0. The zero-order valence-corrected chi connectivity index (χ0v) is 7.76. The standard InChI is InChI=1S/C7H8N2S2/c1-9-3-2-6-5(4-9)8-7(10)11-6/h2-3H,4H2,1H3,(H,8,10). The number of nitrogens with one attached hydrogen (secondary N) is 1. The van der Waals surface area contributed by atoms with E-state index in [1.165, 1.54) is 10.6 Å². The van der Waals surface area contributed by atoms with Gasteiger partial charge in [0.05, 0.1) is 17.1 Å². The van der Waals surface area contributed by atoms with Gasteiger partial charge in [-0.25, -0.2) is 0 Å². The molecule has 11 heavy (non-hydrogen) atoms. The lowest BCUT2D eigenvalue weighted by Gasteiger charge is -2.16. The van der Waals surface area contributed by atoms with Crippen LogP contribution in [0.15, 0.2) is 6.20 Å². The molecule has 0 unspecified atom stereocenters. The van der Waals surface area contributed by atoms with Crippen LogP contribution in [0, 0.1) is 3.95 Å². The maximum absolute atomic E-state index is 5.03. The lowest BCUT2D eigenvalue weighted by Crippen LogP contribution is -2.13. The largest absolute Gasteiger partial charge is 0.375 e. The van der Waals surface area contributed by atoms with Crippen molar-refractivity contribution in [1.82, 2.24) is 9.88 Å². The summed E-state index contributed by atoms with van der Waals surface area (Å²) >= 11 is 6.67. The predicted molar refractivity (Wildman–Crippen MR) is 50.0 cm³/mol. The first-order chi connectivity index (χ1) is 5.25. The highest BCUT2D eigenvalue weighted by Gasteiger charge is 2.08. The SMILES string of the molecule is CN1C=Cc2sc(=S)[nH]c2C1. The number of hydrogen-bond donors (Lipinski definition) is 1. The van der Waals surface area contributed by atoms with Gasteiger partial charge in [0.15, 0.2) is 3.95 Å². The minimum Gasteiger partial charge on any atom is -0.375 e. The van der Waals surface area contributed by atoms with Gasteiger partial charge in [-0.3, -0.25) is 0 Å². The Morgan fingerprint density at radius 1 is 1.73 bits per heavy atom. The average Bonchev–Trinajstić information content (AvgIpc) is 2.27. The monoisotopic (exact) mass is 184 g/mol. The third-order valence-corrected chi connectivity index (χ3v) is 2.88. The van der Waals surface area contributed by atoms with Gasteiger partial charge in [0.1, 0.15) is 0 Å². The fraction of sp³-hybridized carbons (Fsp3) is 0.286. The van der Waals surface area contributed by atoms with Crippen molar-refractivity contribution in [1.29, 1.82) is 0 Å². The maximum atomic E-state index is 5.03. The number of hydrogen-bond acceptors (Lipinski definition) is 3. The molecule has 0 saturated carbocycles. The van der Waals surface area contributed by atoms with Crippen LogP contribution in [0.1, 0.15) is 10.6 Å². The first kappa shape index (κ1) is 7.06. The van der Waals surface area contributed by atoms with Crippen LogP contribution in [-0.4, -0.2) is 16.9 Å². The number of nitrogens with zero attached hydrogens (tertiary/aromatic N) is 1. The first-order valence-electron chi connectivity index (χ1n) is 3.36. The molecule has 0 atom stereocenters. The van der Waals surface area contributed by atoms with E-state index in [0.717, 1.165) is 10.5 Å². The zero-order valence-electron chi connectivity index (χ0n) is 6.13. The lowest BCUT2D eigenvalue weighted by atomic mass is 10.3. The number of aromatic amines is 1. The van der Waals surface area contributed by atoms with Crippen molar-refractivity contribution >= 4 is 29.6 Å². The summed E-state index contributed by atoms with van der Waals surface area (Å²) < 4.78 is 0.870. The highest BCUT2D eigenvalue weighted by molar-refractivity contribution is 7.73. The Bertz CT molecular complexity index is 348. The molecule has 1 aliphatic heterocycles. The van der Waals surface area contributed by atoms with Gasteiger partial charge in [0, 0.05) is 13.2 Å². The Labute approximate surface area is 74.2 Å². The van der Waals surface area contributed by atoms with Gasteiger partial charge >= 0.3 is 0 Å². The molecular weight excluding hydrogens is 176 g/mol. The molecule has 0 amide bonds. The number of rotatable bonds is 0. The van der Waals surface area contributed by atoms with E-state index in [9.17, 15) is 0 Å². The number of H-pyrrole nitrogens is 1. The van der Waals surface area contributed by atoms with Crippen molar-refractivity contribution in [2.24, 2.45) is 0 Å². The van der Waals surface area contributed by atoms with E-state index in [2.05, 4.69) is 22.2 Å². The number of thiazole rings is 1. The Kier molecular flexibility index (Phi) is 1.58. The molecule has 1 aliphatic rings. The molecule has 1 N–H and O–H groups in total. The lowest BCUT2D eigenvalue weighted by molar-refractivity contribution is 0.442. The summed E-state index contributed by atoms with van der Waals surface area (Å²) in [6.07, 6.45) is 4.16. The van der Waals surface area contributed by atoms with Gasteiger partial charge < -0.3 is 9.88 Å². The zero-order chi connectivity index (χ0) is 7.84. The van der Waals surface area contributed by atoms with Crippen LogP contribution in [0.3, 0.4) is 0 Å². The summed E-state index contributed by atoms with van der Waals surface area (Å²) in [7, 11) is 2.05. The van der Waals surface area contributed by atoms with Crippen molar-refractivity contribution in [3.05, 3.63) is 20.7 Å². The van der Waals surface area contributed by atoms with Gasteiger partial charge in [-0.15, -0.1) is 11.3 Å². The quantitative estimate of drug-likeness (QED) is 0.623. The molecule has 0 fully saturated rings. The minimum absolute atomic E-state index is 0.870. The second-order valence-electron chi connectivity index (χ2n) is 2.59. The molecule has 4 heteroatoms. The van der Waals surface area contributed by atoms with Crippen LogP contribution in [0.25, 0.3) is 6.08 Å². The van der Waals surface area contributed by atoms with Gasteiger partial charge in [-0.1, -0.05) is 0 Å². The number of aromatic nitrogens is 1. The Morgan fingerprint density at radius 3 is 3.36 bits per heavy atom. The van der Waals surface area contributed by atoms with E-state index < -0.39 is 0 Å². The molecule has 0 radical (unpaired) electrons. The molecule has 1 aromatic rings. The molecular formula is C7H8N2S2. The smallest absolute Gasteiger partial charge is 0.159 e. The van der Waals surface area contributed by atoms with Gasteiger partial charge in [-0.05, 0) is 18.3 Å². The molecule has 2 heterocycles. The predicted octanol–water partition coefficient (Wildman–Crippen LogP) is 2.22. The normalized spacial score (nSPS) is 15.2. The summed E-state index contributed by atoms with van der Waals surface area (Å²) in [5.41, 5.74) is 1.24. The summed E-state index contributed by atoms with van der Waals surface area (Å²) in [5, 5.41) is 0. The molecule has 1 aromatic heterocycles. The second kappa shape index (κ2) is 2.46. The van der Waals surface area contributed by atoms with Crippen molar-refractivity contribution < 1.29 is 0 Å².